The van der Waals surface area contributed by atoms with Crippen molar-refractivity contribution in [1.82, 2.24) is 29.9 Å². The van der Waals surface area contributed by atoms with Gasteiger partial charge in [-0.3, -0.25) is 14.6 Å². The molecule has 3 heterocycles. The van der Waals surface area contributed by atoms with Gasteiger partial charge < -0.3 is 4.90 Å². The summed E-state index contributed by atoms with van der Waals surface area (Å²) in [5.74, 6) is 1.44. The van der Waals surface area contributed by atoms with Crippen molar-refractivity contribution in [3.05, 3.63) is 29.1 Å². The van der Waals surface area contributed by atoms with Crippen molar-refractivity contribution in [2.75, 3.05) is 6.54 Å². The van der Waals surface area contributed by atoms with Crippen LogP contribution < -0.4 is 0 Å². The number of hydrogen-bond donors (Lipinski definition) is 1. The first-order valence-corrected chi connectivity index (χ1v) is 8.54. The van der Waals surface area contributed by atoms with Crippen molar-refractivity contribution in [1.29, 1.82) is 0 Å². The molecular formula is C17H26N6O. The van der Waals surface area contributed by atoms with Crippen LogP contribution in [0, 0.1) is 13.8 Å². The van der Waals surface area contributed by atoms with E-state index in [-0.39, 0.29) is 17.5 Å². The molecule has 0 aliphatic carbocycles. The van der Waals surface area contributed by atoms with E-state index in [0.717, 1.165) is 37.3 Å². The standard InChI is InChI=1S/C17H26N6O/c1-11-10-13(21-23(11)17(3,4)5)16(24)22-9-7-6-8-14(22)15-18-12(2)19-20-15/h10,14H,6-9H2,1-5H3,(H,18,19,20). The number of nitrogens with zero attached hydrogens (tertiary/aromatic N) is 5. The Hall–Kier alpha value is -2.18. The number of aromatic amines is 1. The van der Waals surface area contributed by atoms with Gasteiger partial charge in [-0.2, -0.15) is 10.2 Å². The number of hydrogen-bond acceptors (Lipinski definition) is 4. The highest BCUT2D eigenvalue weighted by Gasteiger charge is 2.33. The lowest BCUT2D eigenvalue weighted by atomic mass is 10.0. The molecule has 24 heavy (non-hydrogen) atoms. The molecule has 1 aliphatic rings. The molecule has 7 heteroatoms. The van der Waals surface area contributed by atoms with Crippen LogP contribution in [0.3, 0.4) is 0 Å². The van der Waals surface area contributed by atoms with Crippen molar-refractivity contribution >= 4 is 5.91 Å². The third-order valence-corrected chi connectivity index (χ3v) is 4.42. The molecule has 7 nitrogen and oxygen atoms in total. The van der Waals surface area contributed by atoms with Crippen molar-refractivity contribution in [3.63, 3.8) is 0 Å². The summed E-state index contributed by atoms with van der Waals surface area (Å²) in [7, 11) is 0. The minimum absolute atomic E-state index is 0.0340. The number of aryl methyl sites for hydroxylation is 2. The molecule has 1 atom stereocenters. The largest absolute Gasteiger partial charge is 0.327 e. The van der Waals surface area contributed by atoms with Gasteiger partial charge in [-0.25, -0.2) is 4.98 Å². The molecule has 0 radical (unpaired) electrons. The first kappa shape index (κ1) is 16.7. The molecule has 1 N–H and O–H groups in total. The first-order chi connectivity index (χ1) is 11.3. The quantitative estimate of drug-likeness (QED) is 0.918. The van der Waals surface area contributed by atoms with Gasteiger partial charge in [0.25, 0.3) is 5.91 Å². The highest BCUT2D eigenvalue weighted by Crippen LogP contribution is 2.30. The molecule has 2 aromatic heterocycles. The van der Waals surface area contributed by atoms with Gasteiger partial charge in [0.1, 0.15) is 5.82 Å². The topological polar surface area (TPSA) is 79.7 Å². The number of piperidine rings is 1. The Morgan fingerprint density at radius 1 is 1.29 bits per heavy atom. The van der Waals surface area contributed by atoms with E-state index in [9.17, 15) is 4.79 Å². The monoisotopic (exact) mass is 330 g/mol. The van der Waals surface area contributed by atoms with Gasteiger partial charge in [0.05, 0.1) is 11.6 Å². The highest BCUT2D eigenvalue weighted by molar-refractivity contribution is 5.92. The van der Waals surface area contributed by atoms with Crippen molar-refractivity contribution in [2.45, 2.75) is 65.5 Å². The Morgan fingerprint density at radius 2 is 2.04 bits per heavy atom. The fourth-order valence-corrected chi connectivity index (χ4v) is 3.36. The van der Waals surface area contributed by atoms with E-state index in [1.807, 2.05) is 29.5 Å². The van der Waals surface area contributed by atoms with Gasteiger partial charge in [-0.1, -0.05) is 0 Å². The summed E-state index contributed by atoms with van der Waals surface area (Å²) in [4.78, 5) is 19.4. The second kappa shape index (κ2) is 6.03. The molecule has 2 aromatic rings. The van der Waals surface area contributed by atoms with Crippen LogP contribution in [0.5, 0.6) is 0 Å². The second-order valence-corrected chi connectivity index (χ2v) is 7.54. The van der Waals surface area contributed by atoms with Crippen LogP contribution in [0.25, 0.3) is 0 Å². The maximum absolute atomic E-state index is 13.1. The molecule has 0 aromatic carbocycles. The molecule has 0 spiro atoms. The van der Waals surface area contributed by atoms with E-state index in [1.165, 1.54) is 0 Å². The van der Waals surface area contributed by atoms with Crippen LogP contribution in [0.4, 0.5) is 0 Å². The third-order valence-electron chi connectivity index (χ3n) is 4.42. The number of H-pyrrole nitrogens is 1. The Morgan fingerprint density at radius 3 is 2.62 bits per heavy atom. The highest BCUT2D eigenvalue weighted by atomic mass is 16.2. The summed E-state index contributed by atoms with van der Waals surface area (Å²) in [6, 6.07) is 1.80. The summed E-state index contributed by atoms with van der Waals surface area (Å²) in [5, 5.41) is 11.7. The minimum atomic E-state index is -0.148. The van der Waals surface area contributed by atoms with Gasteiger partial charge >= 0.3 is 0 Å². The number of aromatic nitrogens is 5. The molecular weight excluding hydrogens is 304 g/mol. The van der Waals surface area contributed by atoms with Crippen LogP contribution in [-0.4, -0.2) is 42.3 Å². The third kappa shape index (κ3) is 3.07. The molecule has 1 amide bonds. The predicted molar refractivity (Wildman–Crippen MR) is 90.7 cm³/mol. The van der Waals surface area contributed by atoms with E-state index in [0.29, 0.717) is 11.5 Å². The van der Waals surface area contributed by atoms with Gasteiger partial charge in [-0.15, -0.1) is 0 Å². The number of amides is 1. The van der Waals surface area contributed by atoms with Crippen LogP contribution >= 0.6 is 0 Å². The summed E-state index contributed by atoms with van der Waals surface area (Å²) in [6.45, 7) is 10.8. The normalized spacial score (nSPS) is 18.9. The maximum Gasteiger partial charge on any atom is 0.274 e. The molecule has 130 valence electrons. The summed E-state index contributed by atoms with van der Waals surface area (Å²) < 4.78 is 1.91. The average Bonchev–Trinajstić information content (AvgIpc) is 3.12. The number of carbonyl (C=O) groups is 1. The number of rotatable bonds is 2. The molecule has 1 saturated heterocycles. The summed E-state index contributed by atoms with van der Waals surface area (Å²) in [6.07, 6.45) is 2.98. The zero-order valence-electron chi connectivity index (χ0n) is 15.1. The zero-order valence-corrected chi connectivity index (χ0v) is 15.1. The van der Waals surface area contributed by atoms with E-state index in [2.05, 4.69) is 41.1 Å². The van der Waals surface area contributed by atoms with E-state index >= 15 is 0 Å². The minimum Gasteiger partial charge on any atom is -0.327 e. The summed E-state index contributed by atoms with van der Waals surface area (Å²) >= 11 is 0. The Balaban J connectivity index is 1.90. The molecule has 3 rings (SSSR count). The second-order valence-electron chi connectivity index (χ2n) is 7.54. The summed E-state index contributed by atoms with van der Waals surface area (Å²) in [5.41, 5.74) is 1.35. The van der Waals surface area contributed by atoms with Crippen LogP contribution in [0.1, 0.15) is 73.9 Å². The van der Waals surface area contributed by atoms with Crippen LogP contribution in [0.15, 0.2) is 6.07 Å². The van der Waals surface area contributed by atoms with E-state index in [1.54, 1.807) is 0 Å². The van der Waals surface area contributed by atoms with E-state index < -0.39 is 0 Å². The Labute approximate surface area is 142 Å². The number of nitrogens with one attached hydrogen (secondary N) is 1. The molecule has 0 saturated carbocycles. The number of likely N-dealkylation sites (tertiary alicyclic amines) is 1. The van der Waals surface area contributed by atoms with Crippen LogP contribution in [0.2, 0.25) is 0 Å². The lowest BCUT2D eigenvalue weighted by molar-refractivity contribution is 0.0592. The van der Waals surface area contributed by atoms with Crippen molar-refractivity contribution in [3.8, 4) is 0 Å². The van der Waals surface area contributed by atoms with Crippen LogP contribution in [-0.2, 0) is 5.54 Å². The lowest BCUT2D eigenvalue weighted by Gasteiger charge is -2.33. The average molecular weight is 330 g/mol. The fourth-order valence-electron chi connectivity index (χ4n) is 3.36. The Bertz CT molecular complexity index is 739. The fraction of sp³-hybridized carbons (Fsp3) is 0.647. The van der Waals surface area contributed by atoms with Crippen molar-refractivity contribution in [2.24, 2.45) is 0 Å². The smallest absolute Gasteiger partial charge is 0.274 e. The van der Waals surface area contributed by atoms with Gasteiger partial charge in [0.15, 0.2) is 11.5 Å². The Kier molecular flexibility index (Phi) is 4.19. The SMILES string of the molecule is Cc1nc(C2CCCCN2C(=O)c2cc(C)n(C(C)(C)C)n2)n[nH]1. The van der Waals surface area contributed by atoms with Gasteiger partial charge in [-0.05, 0) is 59.9 Å². The predicted octanol–water partition coefficient (Wildman–Crippen LogP) is 2.74. The molecule has 0 bridgehead atoms. The lowest BCUT2D eigenvalue weighted by Crippen LogP contribution is -2.39. The van der Waals surface area contributed by atoms with Crippen molar-refractivity contribution < 1.29 is 4.79 Å². The van der Waals surface area contributed by atoms with E-state index in [4.69, 9.17) is 0 Å². The maximum atomic E-state index is 13.1. The number of carbonyl (C=O) groups excluding carboxylic acids is 1. The zero-order chi connectivity index (χ0) is 17.5. The molecule has 1 aliphatic heterocycles. The van der Waals surface area contributed by atoms with Gasteiger partial charge in [0.2, 0.25) is 0 Å². The molecule has 1 fully saturated rings. The first-order valence-electron chi connectivity index (χ1n) is 8.54. The van der Waals surface area contributed by atoms with Gasteiger partial charge in [0, 0.05) is 12.2 Å². The molecule has 1 unspecified atom stereocenters.